The molecule has 1 N–H and O–H groups in total. The molecule has 0 heterocycles. The van der Waals surface area contributed by atoms with Gasteiger partial charge in [-0.05, 0) is 31.4 Å². The van der Waals surface area contributed by atoms with Crippen LogP contribution in [-0.2, 0) is 0 Å². The standard InChI is InChI=1S/C15H24ClN/c1-4-6-9-13(5-2)17-12(3)14-10-7-8-11-15(14)16/h7-8,10-13,17H,4-6,9H2,1-3H3/t12-,13?/m1/s1. The van der Waals surface area contributed by atoms with E-state index >= 15 is 0 Å². The summed E-state index contributed by atoms with van der Waals surface area (Å²) in [6.45, 7) is 6.67. The smallest absolute Gasteiger partial charge is 0.0453 e. The Balaban J connectivity index is 2.58. The van der Waals surface area contributed by atoms with Gasteiger partial charge >= 0.3 is 0 Å². The van der Waals surface area contributed by atoms with Crippen molar-refractivity contribution in [3.8, 4) is 0 Å². The van der Waals surface area contributed by atoms with Gasteiger partial charge in [-0.25, -0.2) is 0 Å². The van der Waals surface area contributed by atoms with Crippen molar-refractivity contribution in [2.24, 2.45) is 0 Å². The SMILES string of the molecule is CCCCC(CC)N[C@H](C)c1ccccc1Cl. The molecule has 1 nitrogen and oxygen atoms in total. The van der Waals surface area contributed by atoms with Crippen molar-refractivity contribution in [1.82, 2.24) is 5.32 Å². The minimum Gasteiger partial charge on any atom is -0.307 e. The molecule has 2 atom stereocenters. The van der Waals surface area contributed by atoms with Gasteiger partial charge in [0.25, 0.3) is 0 Å². The Morgan fingerprint density at radius 3 is 2.53 bits per heavy atom. The van der Waals surface area contributed by atoms with Crippen molar-refractivity contribution in [3.63, 3.8) is 0 Å². The molecule has 1 unspecified atom stereocenters. The van der Waals surface area contributed by atoms with Gasteiger partial charge in [0.2, 0.25) is 0 Å². The van der Waals surface area contributed by atoms with E-state index in [0.29, 0.717) is 12.1 Å². The van der Waals surface area contributed by atoms with E-state index in [-0.39, 0.29) is 0 Å². The molecule has 17 heavy (non-hydrogen) atoms. The molecule has 1 aromatic carbocycles. The molecule has 1 aromatic rings. The average molecular weight is 254 g/mol. The number of halogens is 1. The zero-order valence-corrected chi connectivity index (χ0v) is 11.9. The van der Waals surface area contributed by atoms with Crippen LogP contribution in [0.5, 0.6) is 0 Å². The van der Waals surface area contributed by atoms with Crippen molar-refractivity contribution >= 4 is 11.6 Å². The van der Waals surface area contributed by atoms with Gasteiger partial charge in [-0.3, -0.25) is 0 Å². The third-order valence-electron chi connectivity index (χ3n) is 3.26. The molecule has 0 aliphatic carbocycles. The fourth-order valence-electron chi connectivity index (χ4n) is 2.13. The maximum Gasteiger partial charge on any atom is 0.0453 e. The van der Waals surface area contributed by atoms with E-state index in [4.69, 9.17) is 11.6 Å². The predicted molar refractivity (Wildman–Crippen MR) is 76.6 cm³/mol. The lowest BCUT2D eigenvalue weighted by Crippen LogP contribution is -2.31. The van der Waals surface area contributed by atoms with Gasteiger partial charge in [0.05, 0.1) is 0 Å². The molecule has 1 rings (SSSR count). The summed E-state index contributed by atoms with van der Waals surface area (Å²) in [5.41, 5.74) is 1.20. The summed E-state index contributed by atoms with van der Waals surface area (Å²) in [5, 5.41) is 4.53. The van der Waals surface area contributed by atoms with E-state index in [2.05, 4.69) is 32.2 Å². The normalized spacial score (nSPS) is 14.6. The second-order valence-electron chi connectivity index (χ2n) is 4.66. The number of hydrogen-bond donors (Lipinski definition) is 1. The second kappa shape index (κ2) is 7.73. The molecule has 96 valence electrons. The lowest BCUT2D eigenvalue weighted by Gasteiger charge is -2.23. The first kappa shape index (κ1) is 14.5. The molecule has 0 saturated heterocycles. The van der Waals surface area contributed by atoms with Gasteiger partial charge in [0, 0.05) is 17.1 Å². The van der Waals surface area contributed by atoms with Gasteiger partial charge in [0.15, 0.2) is 0 Å². The van der Waals surface area contributed by atoms with E-state index in [1.165, 1.54) is 31.2 Å². The first-order valence-corrected chi connectivity index (χ1v) is 7.07. The van der Waals surface area contributed by atoms with Crippen LogP contribution in [-0.4, -0.2) is 6.04 Å². The zero-order valence-electron chi connectivity index (χ0n) is 11.2. The summed E-state index contributed by atoms with van der Waals surface area (Å²) < 4.78 is 0. The summed E-state index contributed by atoms with van der Waals surface area (Å²) in [6.07, 6.45) is 4.98. The third kappa shape index (κ3) is 4.69. The third-order valence-corrected chi connectivity index (χ3v) is 3.60. The van der Waals surface area contributed by atoms with Crippen LogP contribution in [0.4, 0.5) is 0 Å². The van der Waals surface area contributed by atoms with Crippen LogP contribution in [0.15, 0.2) is 24.3 Å². The molecule has 2 heteroatoms. The van der Waals surface area contributed by atoms with Crippen molar-refractivity contribution in [1.29, 1.82) is 0 Å². The lowest BCUT2D eigenvalue weighted by atomic mass is 10.0. The van der Waals surface area contributed by atoms with Crippen LogP contribution in [0.1, 0.15) is 58.1 Å². The molecule has 0 aromatic heterocycles. The highest BCUT2D eigenvalue weighted by Gasteiger charge is 2.13. The molecule has 0 amide bonds. The highest BCUT2D eigenvalue weighted by atomic mass is 35.5. The van der Waals surface area contributed by atoms with Crippen LogP contribution in [0.3, 0.4) is 0 Å². The van der Waals surface area contributed by atoms with Crippen LogP contribution in [0.25, 0.3) is 0 Å². The number of benzene rings is 1. The van der Waals surface area contributed by atoms with Gasteiger partial charge in [0.1, 0.15) is 0 Å². The summed E-state index contributed by atoms with van der Waals surface area (Å²) in [6, 6.07) is 9.01. The van der Waals surface area contributed by atoms with E-state index < -0.39 is 0 Å². The summed E-state index contributed by atoms with van der Waals surface area (Å²) in [7, 11) is 0. The molecule has 0 fully saturated rings. The Labute approximate surface area is 111 Å². The number of nitrogens with one attached hydrogen (secondary N) is 1. The quantitative estimate of drug-likeness (QED) is 0.724. The van der Waals surface area contributed by atoms with Crippen molar-refractivity contribution in [3.05, 3.63) is 34.9 Å². The fourth-order valence-corrected chi connectivity index (χ4v) is 2.42. The van der Waals surface area contributed by atoms with Crippen molar-refractivity contribution in [2.45, 2.75) is 58.5 Å². The Kier molecular flexibility index (Phi) is 6.61. The van der Waals surface area contributed by atoms with E-state index in [9.17, 15) is 0 Å². The largest absolute Gasteiger partial charge is 0.307 e. The van der Waals surface area contributed by atoms with Crippen LogP contribution in [0.2, 0.25) is 5.02 Å². The zero-order chi connectivity index (χ0) is 12.7. The summed E-state index contributed by atoms with van der Waals surface area (Å²) in [5.74, 6) is 0. The molecule has 0 aliphatic heterocycles. The first-order chi connectivity index (χ1) is 8.19. The summed E-state index contributed by atoms with van der Waals surface area (Å²) in [4.78, 5) is 0. The molecular formula is C15H24ClN. The molecular weight excluding hydrogens is 230 g/mol. The highest BCUT2D eigenvalue weighted by molar-refractivity contribution is 6.31. The average Bonchev–Trinajstić information content (AvgIpc) is 2.34. The van der Waals surface area contributed by atoms with E-state index in [1.54, 1.807) is 0 Å². The van der Waals surface area contributed by atoms with Crippen LogP contribution < -0.4 is 5.32 Å². The maximum atomic E-state index is 6.21. The molecule has 0 bridgehead atoms. The Morgan fingerprint density at radius 1 is 1.24 bits per heavy atom. The predicted octanol–water partition coefficient (Wildman–Crippen LogP) is 4.96. The molecule has 0 radical (unpaired) electrons. The second-order valence-corrected chi connectivity index (χ2v) is 5.06. The van der Waals surface area contributed by atoms with Crippen molar-refractivity contribution < 1.29 is 0 Å². The minimum absolute atomic E-state index is 0.325. The molecule has 0 spiro atoms. The monoisotopic (exact) mass is 253 g/mol. The maximum absolute atomic E-state index is 6.21. The van der Waals surface area contributed by atoms with Gasteiger partial charge < -0.3 is 5.32 Å². The highest BCUT2D eigenvalue weighted by Crippen LogP contribution is 2.23. The Morgan fingerprint density at radius 2 is 1.94 bits per heavy atom. The van der Waals surface area contributed by atoms with Crippen LogP contribution in [0, 0.1) is 0 Å². The van der Waals surface area contributed by atoms with Crippen molar-refractivity contribution in [2.75, 3.05) is 0 Å². The molecule has 0 saturated carbocycles. The first-order valence-electron chi connectivity index (χ1n) is 6.69. The Bertz CT molecular complexity index is 324. The lowest BCUT2D eigenvalue weighted by molar-refractivity contribution is 0.410. The summed E-state index contributed by atoms with van der Waals surface area (Å²) >= 11 is 6.21. The van der Waals surface area contributed by atoms with E-state index in [0.717, 1.165) is 5.02 Å². The number of rotatable bonds is 7. The van der Waals surface area contributed by atoms with Gasteiger partial charge in [-0.2, -0.15) is 0 Å². The van der Waals surface area contributed by atoms with Gasteiger partial charge in [-0.15, -0.1) is 0 Å². The number of hydrogen-bond acceptors (Lipinski definition) is 1. The number of unbranched alkanes of at least 4 members (excludes halogenated alkanes) is 1. The topological polar surface area (TPSA) is 12.0 Å². The minimum atomic E-state index is 0.325. The van der Waals surface area contributed by atoms with E-state index in [1.807, 2.05) is 18.2 Å². The van der Waals surface area contributed by atoms with Crippen LogP contribution >= 0.6 is 11.6 Å². The van der Waals surface area contributed by atoms with Gasteiger partial charge in [-0.1, -0.05) is 56.5 Å². The Hall–Kier alpha value is -0.530. The molecule has 0 aliphatic rings. The fraction of sp³-hybridized carbons (Fsp3) is 0.600.